The van der Waals surface area contributed by atoms with Gasteiger partial charge in [0.1, 0.15) is 30.3 Å². The highest BCUT2D eigenvalue weighted by Crippen LogP contribution is 2.34. The number of phenols is 1. The van der Waals surface area contributed by atoms with E-state index < -0.39 is 73.6 Å². The van der Waals surface area contributed by atoms with Crippen molar-refractivity contribution in [2.75, 3.05) is 19.8 Å². The van der Waals surface area contributed by atoms with Crippen LogP contribution in [0, 0.1) is 12.3 Å². The number of aliphatic hydroxyl groups is 4. The maximum Gasteiger partial charge on any atom is 0.364 e. The van der Waals surface area contributed by atoms with Crippen LogP contribution in [0.2, 0.25) is 5.02 Å². The van der Waals surface area contributed by atoms with Gasteiger partial charge in [0, 0.05) is 19.4 Å². The first kappa shape index (κ1) is 35.5. The molecule has 0 bridgehead atoms. The summed E-state index contributed by atoms with van der Waals surface area (Å²) >= 11 is 5.77. The average molecular weight is 651 g/mol. The van der Waals surface area contributed by atoms with E-state index in [0.29, 0.717) is 29.9 Å². The smallest absolute Gasteiger partial charge is 0.364 e. The first-order valence-corrected chi connectivity index (χ1v) is 14.2. The molecule has 15 heteroatoms. The first-order chi connectivity index (χ1) is 21.4. The maximum absolute atomic E-state index is 12.4. The molecule has 2 aromatic carbocycles. The largest absolute Gasteiger partial charge is 0.506 e. The zero-order chi connectivity index (χ0) is 33.1. The number of amides is 2. The number of phenolic OH excluding ortho intramolecular Hbond substituents is 1. The van der Waals surface area contributed by atoms with Gasteiger partial charge in [0.2, 0.25) is 11.8 Å². The van der Waals surface area contributed by atoms with Gasteiger partial charge in [0.05, 0.1) is 42.9 Å². The summed E-state index contributed by atoms with van der Waals surface area (Å²) in [5, 5.41) is 66.5. The van der Waals surface area contributed by atoms with E-state index in [2.05, 4.69) is 16.6 Å². The molecular formula is C30H35ClN2O12. The number of aliphatic hydroxyl groups excluding tert-OH is 4. The average Bonchev–Trinajstić information content (AvgIpc) is 3.01. The van der Waals surface area contributed by atoms with Gasteiger partial charge in [0.15, 0.2) is 0 Å². The molecule has 8 N–H and O–H groups in total. The second-order valence-electron chi connectivity index (χ2n) is 10.2. The van der Waals surface area contributed by atoms with E-state index in [0.717, 1.165) is 0 Å². The van der Waals surface area contributed by atoms with Crippen LogP contribution in [0.5, 0.6) is 11.5 Å². The Labute approximate surface area is 263 Å². The molecule has 0 saturated carbocycles. The van der Waals surface area contributed by atoms with Gasteiger partial charge in [-0.1, -0.05) is 29.8 Å². The fourth-order valence-corrected chi connectivity index (χ4v) is 4.65. The van der Waals surface area contributed by atoms with Crippen LogP contribution in [-0.4, -0.2) is 104 Å². The number of ether oxygens (including phenoxy) is 3. The van der Waals surface area contributed by atoms with Gasteiger partial charge in [-0.15, -0.1) is 12.3 Å². The fourth-order valence-electron chi connectivity index (χ4n) is 4.53. The number of aliphatic carboxylic acids is 1. The van der Waals surface area contributed by atoms with E-state index in [1.165, 1.54) is 18.2 Å². The minimum absolute atomic E-state index is 0.0937. The molecule has 244 valence electrons. The van der Waals surface area contributed by atoms with Crippen molar-refractivity contribution in [1.29, 1.82) is 0 Å². The third-order valence-electron chi connectivity index (χ3n) is 6.89. The minimum atomic E-state index is -2.53. The Kier molecular flexibility index (Phi) is 12.9. The van der Waals surface area contributed by atoms with Gasteiger partial charge in [-0.2, -0.15) is 0 Å². The highest BCUT2D eigenvalue weighted by atomic mass is 35.5. The molecule has 1 heterocycles. The van der Waals surface area contributed by atoms with Crippen molar-refractivity contribution < 1.29 is 59.2 Å². The molecule has 2 amide bonds. The molecule has 14 nitrogen and oxygen atoms in total. The Hall–Kier alpha value is -3.94. The summed E-state index contributed by atoms with van der Waals surface area (Å²) in [4.78, 5) is 36.9. The number of aromatic hydroxyl groups is 1. The van der Waals surface area contributed by atoms with Crippen molar-refractivity contribution in [3.8, 4) is 23.8 Å². The normalized spacial score (nSPS) is 22.4. The summed E-state index contributed by atoms with van der Waals surface area (Å²) in [6, 6.07) is 9.15. The molecule has 3 rings (SSSR count). The number of halogens is 1. The van der Waals surface area contributed by atoms with E-state index in [4.69, 9.17) is 32.2 Å². The van der Waals surface area contributed by atoms with Crippen molar-refractivity contribution in [3.63, 3.8) is 0 Å². The van der Waals surface area contributed by atoms with Crippen molar-refractivity contribution in [3.05, 3.63) is 58.6 Å². The number of rotatable bonds is 15. The predicted octanol–water partition coefficient (Wildman–Crippen LogP) is -0.547. The van der Waals surface area contributed by atoms with Gasteiger partial charge in [0.25, 0.3) is 5.79 Å². The van der Waals surface area contributed by atoms with Crippen molar-refractivity contribution in [1.82, 2.24) is 10.6 Å². The number of terminal acetylenes is 1. The maximum atomic E-state index is 12.4. The molecule has 2 aromatic rings. The van der Waals surface area contributed by atoms with Gasteiger partial charge in [-0.3, -0.25) is 9.59 Å². The number of hydrogen-bond donors (Lipinski definition) is 8. The topological polar surface area (TPSA) is 224 Å². The summed E-state index contributed by atoms with van der Waals surface area (Å²) in [6.07, 6.45) is -2.53. The molecule has 45 heavy (non-hydrogen) atoms. The SMILES string of the molecule is C#CCCOc1ccc(CO[C@]2(C(=O)O)C[C@H](O)[C@@H](NC(=O)CO)[C@H]([C@H](O)[C@H](O)CNC(=O)Cc3ccc(Cl)c(O)c3)O2)cc1. The van der Waals surface area contributed by atoms with Gasteiger partial charge < -0.3 is 55.5 Å². The van der Waals surface area contributed by atoms with Crippen LogP contribution in [0.1, 0.15) is 24.0 Å². The Morgan fingerprint density at radius 3 is 2.44 bits per heavy atom. The lowest BCUT2D eigenvalue weighted by Crippen LogP contribution is -2.68. The lowest BCUT2D eigenvalue weighted by molar-refractivity contribution is -0.314. The number of carbonyl (C=O) groups is 3. The Morgan fingerprint density at radius 1 is 1.13 bits per heavy atom. The van der Waals surface area contributed by atoms with Crippen LogP contribution in [0.25, 0.3) is 0 Å². The van der Waals surface area contributed by atoms with Crippen LogP contribution < -0.4 is 15.4 Å². The summed E-state index contributed by atoms with van der Waals surface area (Å²) < 4.78 is 16.8. The number of carboxylic acid groups (broad SMARTS) is 1. The Morgan fingerprint density at radius 2 is 1.82 bits per heavy atom. The Bertz CT molecular complexity index is 1370. The molecular weight excluding hydrogens is 616 g/mol. The van der Waals surface area contributed by atoms with E-state index in [-0.39, 0.29) is 23.8 Å². The highest BCUT2D eigenvalue weighted by Gasteiger charge is 2.55. The predicted molar refractivity (Wildman–Crippen MR) is 157 cm³/mol. The third kappa shape index (κ3) is 9.77. The Balaban J connectivity index is 1.73. The van der Waals surface area contributed by atoms with Crippen LogP contribution >= 0.6 is 11.6 Å². The van der Waals surface area contributed by atoms with E-state index in [1.807, 2.05) is 0 Å². The second-order valence-corrected chi connectivity index (χ2v) is 10.6. The van der Waals surface area contributed by atoms with E-state index in [9.17, 15) is 45.0 Å². The van der Waals surface area contributed by atoms with Crippen molar-refractivity contribution in [2.45, 2.75) is 62.1 Å². The highest BCUT2D eigenvalue weighted by molar-refractivity contribution is 6.32. The lowest BCUT2D eigenvalue weighted by Gasteiger charge is -2.46. The molecule has 0 aromatic heterocycles. The summed E-state index contributed by atoms with van der Waals surface area (Å²) in [5.74, 6) is -3.03. The van der Waals surface area contributed by atoms with Crippen LogP contribution in [-0.2, 0) is 36.9 Å². The first-order valence-electron chi connectivity index (χ1n) is 13.8. The minimum Gasteiger partial charge on any atom is -0.506 e. The van der Waals surface area contributed by atoms with Gasteiger partial charge >= 0.3 is 5.97 Å². The molecule has 1 fully saturated rings. The van der Waals surface area contributed by atoms with Crippen LogP contribution in [0.3, 0.4) is 0 Å². The summed E-state index contributed by atoms with van der Waals surface area (Å²) in [7, 11) is 0. The van der Waals surface area contributed by atoms with E-state index >= 15 is 0 Å². The molecule has 0 unspecified atom stereocenters. The number of benzene rings is 2. The molecule has 0 spiro atoms. The van der Waals surface area contributed by atoms with Gasteiger partial charge in [-0.05, 0) is 35.4 Å². The number of carbonyl (C=O) groups excluding carboxylic acids is 2. The summed E-state index contributed by atoms with van der Waals surface area (Å²) in [6.45, 7) is -1.56. The number of carboxylic acids is 1. The van der Waals surface area contributed by atoms with Crippen molar-refractivity contribution in [2.24, 2.45) is 0 Å². The van der Waals surface area contributed by atoms with Crippen LogP contribution in [0.4, 0.5) is 0 Å². The van der Waals surface area contributed by atoms with E-state index in [1.54, 1.807) is 24.3 Å². The monoisotopic (exact) mass is 650 g/mol. The quantitative estimate of drug-likeness (QED) is 0.0898. The molecule has 0 aliphatic carbocycles. The molecule has 1 aliphatic rings. The molecule has 1 aliphatic heterocycles. The third-order valence-corrected chi connectivity index (χ3v) is 7.21. The van der Waals surface area contributed by atoms with Gasteiger partial charge in [-0.25, -0.2) is 4.79 Å². The standard InChI is InChI=1S/C30H35ClN2O12/c1-2-3-10-43-19-7-4-17(5-8-19)16-44-30(29(41)42)13-22(36)26(33-25(39)15-34)28(45-30)27(40)23(37)14-32-24(38)12-18-6-9-20(31)21(35)11-18/h1,4-9,11,22-23,26-28,34-37,40H,3,10,12-16H2,(H,32,38)(H,33,39)(H,41,42)/t22-,23+,26+,27+,28+,30+/m0/s1. The number of nitrogens with one attached hydrogen (secondary N) is 2. The van der Waals surface area contributed by atoms with Crippen molar-refractivity contribution >= 4 is 29.4 Å². The summed E-state index contributed by atoms with van der Waals surface area (Å²) in [5.41, 5.74) is 0.909. The zero-order valence-corrected chi connectivity index (χ0v) is 24.7. The molecule has 6 atom stereocenters. The lowest BCUT2D eigenvalue weighted by atomic mass is 9.88. The second kappa shape index (κ2) is 16.4. The molecule has 1 saturated heterocycles. The number of hydrogen-bond acceptors (Lipinski definition) is 11. The fraction of sp³-hybridized carbons (Fsp3) is 0.433. The molecule has 0 radical (unpaired) electrons. The zero-order valence-electron chi connectivity index (χ0n) is 24.0. The van der Waals surface area contributed by atoms with Crippen LogP contribution in [0.15, 0.2) is 42.5 Å².